The number of carbonyl (C=O) groups excluding carboxylic acids is 3. The second-order valence-corrected chi connectivity index (χ2v) is 21.3. The van der Waals surface area contributed by atoms with Gasteiger partial charge in [0.05, 0.1) is 0 Å². The van der Waals surface area contributed by atoms with Gasteiger partial charge in [-0.1, -0.05) is 269 Å². The molecule has 6 heteroatoms. The Morgan fingerprint density at radius 2 is 0.481 bits per heavy atom. The molecule has 0 saturated carbocycles. The summed E-state index contributed by atoms with van der Waals surface area (Å²) in [4.78, 5) is 38.3. The van der Waals surface area contributed by atoms with E-state index >= 15 is 0 Å². The summed E-state index contributed by atoms with van der Waals surface area (Å²) >= 11 is 0. The van der Waals surface area contributed by atoms with Gasteiger partial charge in [0.25, 0.3) is 0 Å². The molecule has 0 aliphatic heterocycles. The molecular weight excluding hydrogens is 997 g/mol. The topological polar surface area (TPSA) is 78.9 Å². The maximum atomic E-state index is 12.9. The van der Waals surface area contributed by atoms with E-state index in [1.165, 1.54) is 51.4 Å². The zero-order chi connectivity index (χ0) is 58.5. The van der Waals surface area contributed by atoms with Crippen LogP contribution >= 0.6 is 0 Å². The van der Waals surface area contributed by atoms with Gasteiger partial charge in [0, 0.05) is 19.3 Å². The molecular formula is C75H120O6. The van der Waals surface area contributed by atoms with Crippen molar-refractivity contribution in [2.24, 2.45) is 0 Å². The van der Waals surface area contributed by atoms with Crippen LogP contribution in [0.2, 0.25) is 0 Å². The summed E-state index contributed by atoms with van der Waals surface area (Å²) in [5, 5.41) is 0. The molecule has 0 aliphatic rings. The molecule has 81 heavy (non-hydrogen) atoms. The van der Waals surface area contributed by atoms with Crippen LogP contribution in [-0.2, 0) is 28.6 Å². The van der Waals surface area contributed by atoms with Gasteiger partial charge < -0.3 is 14.2 Å². The molecule has 0 aromatic heterocycles. The van der Waals surface area contributed by atoms with Crippen molar-refractivity contribution < 1.29 is 28.6 Å². The summed E-state index contributed by atoms with van der Waals surface area (Å²) in [6.07, 6.45) is 98.2. The normalized spacial score (nSPS) is 13.2. The van der Waals surface area contributed by atoms with Gasteiger partial charge in [-0.3, -0.25) is 14.4 Å². The average molecular weight is 1120 g/mol. The lowest BCUT2D eigenvalue weighted by Crippen LogP contribution is -2.30. The van der Waals surface area contributed by atoms with Gasteiger partial charge in [-0.25, -0.2) is 0 Å². The molecule has 0 aliphatic carbocycles. The smallest absolute Gasteiger partial charge is 0.306 e. The van der Waals surface area contributed by atoms with E-state index in [0.29, 0.717) is 19.3 Å². The van der Waals surface area contributed by atoms with Crippen molar-refractivity contribution in [1.29, 1.82) is 0 Å². The lowest BCUT2D eigenvalue weighted by atomic mass is 10.1. The molecule has 0 bridgehead atoms. The van der Waals surface area contributed by atoms with E-state index in [9.17, 15) is 14.4 Å². The molecule has 0 spiro atoms. The van der Waals surface area contributed by atoms with Crippen molar-refractivity contribution >= 4 is 17.9 Å². The van der Waals surface area contributed by atoms with E-state index in [1.54, 1.807) is 0 Å². The Balaban J connectivity index is 4.37. The quantitative estimate of drug-likeness (QED) is 0.0261. The van der Waals surface area contributed by atoms with E-state index in [0.717, 1.165) is 186 Å². The fourth-order valence-corrected chi connectivity index (χ4v) is 8.62. The molecule has 0 radical (unpaired) electrons. The van der Waals surface area contributed by atoms with Crippen LogP contribution in [-0.4, -0.2) is 37.2 Å². The number of carbonyl (C=O) groups is 3. The SMILES string of the molecule is CC/C=C\C/C=C\C/C=C\C/C=C\C/C=C\C/C=C\C/C=C\C/C=C\C/C=C\CCCCCCCC(=O)OCC(COC(=O)CCCCCCC/C=C\CCCCCCCC)OC(=O)CCCCCCC/C=C\C/C=C\C/C=C\CC. The van der Waals surface area contributed by atoms with E-state index in [1.807, 2.05) is 0 Å². The predicted octanol–water partition coefficient (Wildman–Crippen LogP) is 22.9. The van der Waals surface area contributed by atoms with Crippen molar-refractivity contribution in [1.82, 2.24) is 0 Å². The zero-order valence-electron chi connectivity index (χ0n) is 52.2. The molecule has 0 aromatic rings. The number of rotatable bonds is 58. The van der Waals surface area contributed by atoms with Gasteiger partial charge in [-0.2, -0.15) is 0 Å². The number of unbranched alkanes of at least 4 members (excludes halogenated alkanes) is 21. The minimum Gasteiger partial charge on any atom is -0.462 e. The molecule has 0 aromatic carbocycles. The molecule has 456 valence electrons. The maximum absolute atomic E-state index is 12.9. The molecule has 0 N–H and O–H groups in total. The summed E-state index contributed by atoms with van der Waals surface area (Å²) in [7, 11) is 0. The standard InChI is InChI=1S/C75H120O6/c1-4-7-10-13-16-19-22-25-28-29-30-31-32-33-34-35-36-37-38-39-40-41-42-43-44-45-48-50-53-56-59-62-65-68-74(77)80-71-72(81-75(78)69-66-63-60-57-54-51-47-27-24-21-18-15-12-9-6-3)70-79-73(76)67-64-61-58-55-52-49-46-26-23-20-17-14-11-8-5-2/h7,9-10,12,16,18-19,21,25-28,30-31,33-34,36-37,39-40,42-43,45-48,72H,4-6,8,11,13-15,17,20,22-24,29,32,35,38,41,44,49-71H2,1-3H3/b10-7-,12-9-,19-16-,21-18-,28-25-,31-30-,34-33-,37-36-,40-39-,43-42-,46-26-,47-27-,48-45-. The lowest BCUT2D eigenvalue weighted by molar-refractivity contribution is -0.167. The Bertz CT molecular complexity index is 1810. The average Bonchev–Trinajstić information content (AvgIpc) is 3.47. The highest BCUT2D eigenvalue weighted by Gasteiger charge is 2.19. The van der Waals surface area contributed by atoms with Gasteiger partial charge in [-0.05, 0) is 148 Å². The first-order valence-electron chi connectivity index (χ1n) is 33.0. The first-order chi connectivity index (χ1) is 40.0. The van der Waals surface area contributed by atoms with Gasteiger partial charge in [-0.15, -0.1) is 0 Å². The van der Waals surface area contributed by atoms with E-state index in [4.69, 9.17) is 14.2 Å². The second kappa shape index (κ2) is 67.5. The third-order valence-electron chi connectivity index (χ3n) is 13.5. The van der Waals surface area contributed by atoms with Gasteiger partial charge in [0.15, 0.2) is 6.10 Å². The minimum atomic E-state index is -0.807. The monoisotopic (exact) mass is 1120 g/mol. The fourth-order valence-electron chi connectivity index (χ4n) is 8.62. The first kappa shape index (κ1) is 76.0. The maximum Gasteiger partial charge on any atom is 0.306 e. The molecule has 6 nitrogen and oxygen atoms in total. The number of ether oxygens (including phenoxy) is 3. The fraction of sp³-hybridized carbons (Fsp3) is 0.613. The van der Waals surface area contributed by atoms with Crippen molar-refractivity contribution in [2.45, 2.75) is 284 Å². The van der Waals surface area contributed by atoms with E-state index < -0.39 is 6.10 Å². The van der Waals surface area contributed by atoms with Crippen molar-refractivity contribution in [3.8, 4) is 0 Å². The number of hydrogen-bond acceptors (Lipinski definition) is 6. The Labute approximate surface area is 499 Å². The Hall–Kier alpha value is -4.97. The third kappa shape index (κ3) is 65.7. The van der Waals surface area contributed by atoms with Crippen molar-refractivity contribution in [3.05, 3.63) is 158 Å². The molecule has 1 unspecified atom stereocenters. The summed E-state index contributed by atoms with van der Waals surface area (Å²) in [5.74, 6) is -0.947. The summed E-state index contributed by atoms with van der Waals surface area (Å²) in [6, 6.07) is 0. The Morgan fingerprint density at radius 1 is 0.259 bits per heavy atom. The van der Waals surface area contributed by atoms with Crippen LogP contribution < -0.4 is 0 Å². The highest BCUT2D eigenvalue weighted by atomic mass is 16.6. The summed E-state index contributed by atoms with van der Waals surface area (Å²) in [5.41, 5.74) is 0. The summed E-state index contributed by atoms with van der Waals surface area (Å²) in [6.45, 7) is 6.37. The Morgan fingerprint density at radius 3 is 0.765 bits per heavy atom. The number of esters is 3. The van der Waals surface area contributed by atoms with Crippen LogP contribution in [0.5, 0.6) is 0 Å². The number of allylic oxidation sites excluding steroid dienone is 26. The van der Waals surface area contributed by atoms with E-state index in [-0.39, 0.29) is 31.1 Å². The predicted molar refractivity (Wildman–Crippen MR) is 352 cm³/mol. The Kier molecular flexibility index (Phi) is 63.4. The van der Waals surface area contributed by atoms with Gasteiger partial charge in [0.2, 0.25) is 0 Å². The van der Waals surface area contributed by atoms with Crippen LogP contribution in [0.4, 0.5) is 0 Å². The van der Waals surface area contributed by atoms with Crippen LogP contribution in [0.3, 0.4) is 0 Å². The van der Waals surface area contributed by atoms with Crippen molar-refractivity contribution in [2.75, 3.05) is 13.2 Å². The minimum absolute atomic E-state index is 0.101. The van der Waals surface area contributed by atoms with Crippen LogP contribution in [0.1, 0.15) is 278 Å². The van der Waals surface area contributed by atoms with Gasteiger partial charge in [0.1, 0.15) is 13.2 Å². The number of hydrogen-bond donors (Lipinski definition) is 0. The molecule has 0 heterocycles. The highest BCUT2D eigenvalue weighted by molar-refractivity contribution is 5.71. The van der Waals surface area contributed by atoms with Crippen molar-refractivity contribution in [3.63, 3.8) is 0 Å². The van der Waals surface area contributed by atoms with Crippen LogP contribution in [0, 0.1) is 0 Å². The highest BCUT2D eigenvalue weighted by Crippen LogP contribution is 2.14. The van der Waals surface area contributed by atoms with Crippen LogP contribution in [0.25, 0.3) is 0 Å². The molecule has 0 fully saturated rings. The summed E-state index contributed by atoms with van der Waals surface area (Å²) < 4.78 is 16.9. The largest absolute Gasteiger partial charge is 0.462 e. The zero-order valence-corrected chi connectivity index (χ0v) is 52.2. The first-order valence-corrected chi connectivity index (χ1v) is 33.0. The van der Waals surface area contributed by atoms with Crippen LogP contribution in [0.15, 0.2) is 158 Å². The van der Waals surface area contributed by atoms with E-state index in [2.05, 4.69) is 179 Å². The van der Waals surface area contributed by atoms with Gasteiger partial charge >= 0.3 is 17.9 Å². The molecule has 0 amide bonds. The molecule has 0 saturated heterocycles. The second-order valence-electron chi connectivity index (χ2n) is 21.3. The lowest BCUT2D eigenvalue weighted by Gasteiger charge is -2.18. The third-order valence-corrected chi connectivity index (χ3v) is 13.5. The molecule has 1 atom stereocenters. The molecule has 0 rings (SSSR count).